The fourth-order valence-corrected chi connectivity index (χ4v) is 2.84. The number of benzene rings is 1. The second kappa shape index (κ2) is 5.64. The number of nitrogens with zero attached hydrogens (tertiary/aromatic N) is 1. The molecule has 1 aromatic carbocycles. The molecule has 0 fully saturated rings. The van der Waals surface area contributed by atoms with E-state index in [1.807, 2.05) is 0 Å². The molecule has 1 amide bonds. The number of primary amides is 1. The first kappa shape index (κ1) is 15.8. The minimum Gasteiger partial charge on any atom is -0.379 e. The number of amides is 1. The van der Waals surface area contributed by atoms with Crippen LogP contribution in [0.5, 0.6) is 5.75 Å². The molecule has 0 unspecified atom stereocenters. The van der Waals surface area contributed by atoms with E-state index in [2.05, 4.69) is 0 Å². The number of rotatable bonds is 5. The average Bonchev–Trinajstić information content (AvgIpc) is 2.82. The van der Waals surface area contributed by atoms with Gasteiger partial charge < -0.3 is 14.5 Å². The van der Waals surface area contributed by atoms with Crippen LogP contribution in [0.3, 0.4) is 0 Å². The van der Waals surface area contributed by atoms with E-state index < -0.39 is 16.0 Å². The Kier molecular flexibility index (Phi) is 4.05. The van der Waals surface area contributed by atoms with Gasteiger partial charge in [0.15, 0.2) is 5.78 Å². The van der Waals surface area contributed by atoms with E-state index in [0.717, 1.165) is 6.07 Å². The first-order valence-corrected chi connectivity index (χ1v) is 7.63. The number of hydrogen-bond donors (Lipinski definition) is 1. The first-order chi connectivity index (χ1) is 10.2. The maximum absolute atomic E-state index is 12.2. The summed E-state index contributed by atoms with van der Waals surface area (Å²) in [5.74, 6) is -0.812. The second-order valence-electron chi connectivity index (χ2n) is 4.65. The first-order valence-electron chi connectivity index (χ1n) is 6.22. The lowest BCUT2D eigenvalue weighted by Gasteiger charge is -2.05. The van der Waals surface area contributed by atoms with Gasteiger partial charge in [-0.3, -0.25) is 9.59 Å². The van der Waals surface area contributed by atoms with Gasteiger partial charge in [0.2, 0.25) is 0 Å². The SMILES string of the molecule is CC(=O)c1ccc(OS(=O)(=O)c2cc(C(N)=O)n(C)c2)cc1. The highest BCUT2D eigenvalue weighted by molar-refractivity contribution is 7.87. The summed E-state index contributed by atoms with van der Waals surface area (Å²) in [6.07, 6.45) is 1.24. The number of carbonyl (C=O) groups excluding carboxylic acids is 2. The van der Waals surface area contributed by atoms with Crippen molar-refractivity contribution in [2.24, 2.45) is 12.8 Å². The summed E-state index contributed by atoms with van der Waals surface area (Å²) in [5.41, 5.74) is 5.64. The number of aromatic nitrogens is 1. The van der Waals surface area contributed by atoms with Crippen LogP contribution in [0.25, 0.3) is 0 Å². The lowest BCUT2D eigenvalue weighted by Crippen LogP contribution is -2.14. The van der Waals surface area contributed by atoms with Gasteiger partial charge >= 0.3 is 10.1 Å². The topological polar surface area (TPSA) is 108 Å². The molecule has 2 rings (SSSR count). The van der Waals surface area contributed by atoms with Crippen LogP contribution in [0.1, 0.15) is 27.8 Å². The molecular formula is C14H14N2O5S. The Hall–Kier alpha value is -2.61. The number of hydrogen-bond acceptors (Lipinski definition) is 5. The predicted octanol–water partition coefficient (Wildman–Crippen LogP) is 1.09. The zero-order valence-electron chi connectivity index (χ0n) is 11.9. The van der Waals surface area contributed by atoms with Gasteiger partial charge in [-0.25, -0.2) is 0 Å². The molecule has 0 aliphatic carbocycles. The Bertz CT molecular complexity index is 835. The molecule has 7 nitrogen and oxygen atoms in total. The molecule has 2 aromatic rings. The van der Waals surface area contributed by atoms with E-state index in [1.165, 1.54) is 49.0 Å². The van der Waals surface area contributed by atoms with Crippen molar-refractivity contribution in [3.05, 3.63) is 47.8 Å². The number of nitrogens with two attached hydrogens (primary N) is 1. The third kappa shape index (κ3) is 3.17. The summed E-state index contributed by atoms with van der Waals surface area (Å²) in [5, 5.41) is 0. The molecular weight excluding hydrogens is 308 g/mol. The summed E-state index contributed by atoms with van der Waals surface area (Å²) in [6, 6.07) is 6.83. The molecule has 116 valence electrons. The summed E-state index contributed by atoms with van der Waals surface area (Å²) in [7, 11) is -2.59. The van der Waals surface area contributed by atoms with Crippen LogP contribution in [-0.2, 0) is 17.2 Å². The van der Waals surface area contributed by atoms with E-state index in [4.69, 9.17) is 9.92 Å². The molecule has 22 heavy (non-hydrogen) atoms. The van der Waals surface area contributed by atoms with Crippen molar-refractivity contribution in [1.82, 2.24) is 4.57 Å². The molecule has 0 atom stereocenters. The van der Waals surface area contributed by atoms with Crippen molar-refractivity contribution < 1.29 is 22.2 Å². The van der Waals surface area contributed by atoms with Gasteiger partial charge in [-0.05, 0) is 37.3 Å². The van der Waals surface area contributed by atoms with Crippen molar-refractivity contribution in [2.75, 3.05) is 0 Å². The van der Waals surface area contributed by atoms with Crippen molar-refractivity contribution >= 4 is 21.8 Å². The van der Waals surface area contributed by atoms with Crippen LogP contribution in [0.15, 0.2) is 41.4 Å². The maximum atomic E-state index is 12.2. The van der Waals surface area contributed by atoms with Gasteiger partial charge in [0.1, 0.15) is 16.3 Å². The fraction of sp³-hybridized carbons (Fsp3) is 0.143. The van der Waals surface area contributed by atoms with Crippen LogP contribution in [0.2, 0.25) is 0 Å². The van der Waals surface area contributed by atoms with Gasteiger partial charge in [-0.2, -0.15) is 8.42 Å². The van der Waals surface area contributed by atoms with E-state index in [0.29, 0.717) is 5.56 Å². The molecule has 0 saturated carbocycles. The molecule has 0 bridgehead atoms. The monoisotopic (exact) mass is 322 g/mol. The Morgan fingerprint density at radius 1 is 1.18 bits per heavy atom. The van der Waals surface area contributed by atoms with Crippen molar-refractivity contribution in [3.63, 3.8) is 0 Å². The summed E-state index contributed by atoms with van der Waals surface area (Å²) >= 11 is 0. The highest BCUT2D eigenvalue weighted by Crippen LogP contribution is 2.21. The molecule has 2 N–H and O–H groups in total. The third-order valence-electron chi connectivity index (χ3n) is 2.99. The number of aryl methyl sites for hydroxylation is 1. The van der Waals surface area contributed by atoms with E-state index in [-0.39, 0.29) is 22.1 Å². The molecule has 1 heterocycles. The maximum Gasteiger partial charge on any atom is 0.340 e. The van der Waals surface area contributed by atoms with E-state index in [9.17, 15) is 18.0 Å². The summed E-state index contributed by atoms with van der Waals surface area (Å²) in [6.45, 7) is 1.40. The van der Waals surface area contributed by atoms with Crippen LogP contribution < -0.4 is 9.92 Å². The smallest absolute Gasteiger partial charge is 0.340 e. The lowest BCUT2D eigenvalue weighted by atomic mass is 10.1. The van der Waals surface area contributed by atoms with Crippen LogP contribution in [0.4, 0.5) is 0 Å². The zero-order chi connectivity index (χ0) is 16.5. The van der Waals surface area contributed by atoms with Crippen LogP contribution in [-0.4, -0.2) is 24.7 Å². The molecule has 0 aliphatic rings. The third-order valence-corrected chi connectivity index (χ3v) is 4.20. The highest BCUT2D eigenvalue weighted by Gasteiger charge is 2.21. The lowest BCUT2D eigenvalue weighted by molar-refractivity contribution is 0.0989. The van der Waals surface area contributed by atoms with Crippen molar-refractivity contribution in [3.8, 4) is 5.75 Å². The molecule has 0 radical (unpaired) electrons. The Balaban J connectivity index is 2.29. The number of ketones is 1. The number of Topliss-reactive ketones (excluding diaryl/α,β-unsaturated/α-hetero) is 1. The van der Waals surface area contributed by atoms with E-state index >= 15 is 0 Å². The second-order valence-corrected chi connectivity index (χ2v) is 6.20. The average molecular weight is 322 g/mol. The Morgan fingerprint density at radius 3 is 2.23 bits per heavy atom. The molecule has 1 aromatic heterocycles. The number of carbonyl (C=O) groups is 2. The van der Waals surface area contributed by atoms with Gasteiger partial charge in [-0.1, -0.05) is 0 Å². The molecule has 0 saturated heterocycles. The standard InChI is InChI=1S/C14H14N2O5S/c1-9(17)10-3-5-11(6-4-10)21-22(19,20)12-7-13(14(15)18)16(2)8-12/h3-8H,1-2H3,(H2,15,18). The van der Waals surface area contributed by atoms with Gasteiger partial charge in [-0.15, -0.1) is 0 Å². The molecule has 8 heteroatoms. The summed E-state index contributed by atoms with van der Waals surface area (Å²) < 4.78 is 30.6. The zero-order valence-corrected chi connectivity index (χ0v) is 12.8. The minimum absolute atomic E-state index is 0.0501. The minimum atomic E-state index is -4.10. The van der Waals surface area contributed by atoms with Gasteiger partial charge in [0.05, 0.1) is 0 Å². The largest absolute Gasteiger partial charge is 0.379 e. The summed E-state index contributed by atoms with van der Waals surface area (Å²) in [4.78, 5) is 22.1. The fourth-order valence-electron chi connectivity index (χ4n) is 1.84. The van der Waals surface area contributed by atoms with Gasteiger partial charge in [0.25, 0.3) is 5.91 Å². The van der Waals surface area contributed by atoms with Gasteiger partial charge in [0, 0.05) is 18.8 Å². The van der Waals surface area contributed by atoms with Crippen molar-refractivity contribution in [1.29, 1.82) is 0 Å². The quantitative estimate of drug-likeness (QED) is 0.655. The van der Waals surface area contributed by atoms with Crippen LogP contribution >= 0.6 is 0 Å². The van der Waals surface area contributed by atoms with Crippen LogP contribution in [0, 0.1) is 0 Å². The normalized spacial score (nSPS) is 11.2. The highest BCUT2D eigenvalue weighted by atomic mass is 32.2. The Labute approximate surface area is 127 Å². The predicted molar refractivity (Wildman–Crippen MR) is 78.2 cm³/mol. The molecule has 0 aliphatic heterocycles. The van der Waals surface area contributed by atoms with E-state index in [1.54, 1.807) is 0 Å². The molecule has 0 spiro atoms. The Morgan fingerprint density at radius 2 is 1.77 bits per heavy atom. The van der Waals surface area contributed by atoms with Crippen molar-refractivity contribution in [2.45, 2.75) is 11.8 Å².